The van der Waals surface area contributed by atoms with E-state index in [4.69, 9.17) is 0 Å². The molecule has 0 radical (unpaired) electrons. The molecule has 0 aromatic carbocycles. The minimum atomic E-state index is -2.96. The Kier molecular flexibility index (Phi) is 3.88. The van der Waals surface area contributed by atoms with Crippen LogP contribution in [-0.2, 0) is 4.57 Å². The largest absolute Gasteiger partial charge is 0.350 e. The fourth-order valence-electron chi connectivity index (χ4n) is 1.79. The highest BCUT2D eigenvalue weighted by atomic mass is 31.2. The highest BCUT2D eigenvalue weighted by Gasteiger charge is 2.37. The summed E-state index contributed by atoms with van der Waals surface area (Å²) in [5.41, 5.74) is 3.83. The Morgan fingerprint density at radius 3 is 2.46 bits per heavy atom. The molecule has 0 spiro atoms. The van der Waals surface area contributed by atoms with E-state index < -0.39 is 7.37 Å². The maximum absolute atomic E-state index is 11.5. The summed E-state index contributed by atoms with van der Waals surface area (Å²) in [7, 11) is -2.96. The third-order valence-corrected chi connectivity index (χ3v) is 4.48. The smallest absolute Gasteiger partial charge is 0.212 e. The van der Waals surface area contributed by atoms with Gasteiger partial charge in [-0.1, -0.05) is 0 Å². The van der Waals surface area contributed by atoms with Gasteiger partial charge in [-0.2, -0.15) is 0 Å². The molecule has 13 heavy (non-hydrogen) atoms. The lowest BCUT2D eigenvalue weighted by atomic mass is 10.2. The molecule has 1 unspecified atom stereocenters. The standard InChI is InChI=1S/C7H18N3O2P/c1-13(11,12)7-5-10-3-2-9-4-6(7)8/h6-7,9-10H,2-5,8H2,1H3,(H,11,12)/p+3/t6-,7-/m0/s1. The second-order valence-corrected chi connectivity index (χ2v) is 6.45. The average molecular weight is 210 g/mol. The number of hydrogen-bond donors (Lipinski definition) is 4. The van der Waals surface area contributed by atoms with E-state index in [9.17, 15) is 9.46 Å². The van der Waals surface area contributed by atoms with Crippen LogP contribution in [-0.4, -0.2) is 49.4 Å². The van der Waals surface area contributed by atoms with Crippen LogP contribution in [0.25, 0.3) is 0 Å². The van der Waals surface area contributed by atoms with Gasteiger partial charge in [-0.05, 0) is 0 Å². The quantitative estimate of drug-likeness (QED) is 0.332. The van der Waals surface area contributed by atoms with Crippen LogP contribution in [0.4, 0.5) is 0 Å². The van der Waals surface area contributed by atoms with Gasteiger partial charge in [0.25, 0.3) is 0 Å². The van der Waals surface area contributed by atoms with Crippen LogP contribution in [0.3, 0.4) is 0 Å². The highest BCUT2D eigenvalue weighted by molar-refractivity contribution is 7.58. The van der Waals surface area contributed by atoms with Gasteiger partial charge < -0.3 is 21.3 Å². The first-order valence-corrected chi connectivity index (χ1v) is 6.96. The lowest BCUT2D eigenvalue weighted by molar-refractivity contribution is -0.747. The summed E-state index contributed by atoms with van der Waals surface area (Å²) in [6, 6.07) is 0.0948. The van der Waals surface area contributed by atoms with Crippen molar-refractivity contribution in [2.24, 2.45) is 0 Å². The molecule has 3 atom stereocenters. The molecule has 0 bridgehead atoms. The molecule has 1 saturated heterocycles. The zero-order chi connectivity index (χ0) is 9.90. The van der Waals surface area contributed by atoms with E-state index in [1.165, 1.54) is 6.66 Å². The summed E-state index contributed by atoms with van der Waals surface area (Å²) in [4.78, 5) is 9.51. The van der Waals surface area contributed by atoms with E-state index in [1.807, 2.05) is 0 Å². The molecule has 1 rings (SSSR count). The first-order valence-electron chi connectivity index (χ1n) is 4.78. The van der Waals surface area contributed by atoms with Crippen molar-refractivity contribution >= 4 is 7.37 Å². The van der Waals surface area contributed by atoms with Crippen molar-refractivity contribution in [2.75, 3.05) is 32.8 Å². The fourth-order valence-corrected chi connectivity index (χ4v) is 3.24. The average Bonchev–Trinajstić information content (AvgIpc) is 1.94. The van der Waals surface area contributed by atoms with Gasteiger partial charge in [0.05, 0.1) is 6.54 Å². The third-order valence-electron chi connectivity index (χ3n) is 2.61. The van der Waals surface area contributed by atoms with Crippen molar-refractivity contribution in [1.82, 2.24) is 0 Å². The second kappa shape index (κ2) is 4.53. The normalized spacial score (nSPS) is 35.9. The van der Waals surface area contributed by atoms with Crippen molar-refractivity contribution in [3.8, 4) is 0 Å². The summed E-state index contributed by atoms with van der Waals surface area (Å²) < 4.78 is 11.5. The molecule has 0 saturated carbocycles. The van der Waals surface area contributed by atoms with E-state index >= 15 is 0 Å². The number of rotatable bonds is 1. The molecule has 6 heteroatoms. The molecule has 0 amide bonds. The number of nitrogens with two attached hydrogens (primary N) is 2. The van der Waals surface area contributed by atoms with Gasteiger partial charge in [-0.3, -0.25) is 4.57 Å². The molecule has 1 aliphatic rings. The van der Waals surface area contributed by atoms with Crippen LogP contribution in [0.1, 0.15) is 0 Å². The monoisotopic (exact) mass is 210 g/mol. The van der Waals surface area contributed by atoms with E-state index in [0.29, 0.717) is 0 Å². The van der Waals surface area contributed by atoms with Crippen LogP contribution < -0.4 is 16.4 Å². The topological polar surface area (TPSA) is 98.2 Å². The first kappa shape index (κ1) is 11.1. The summed E-state index contributed by atoms with van der Waals surface area (Å²) in [6.45, 7) is 5.18. The van der Waals surface area contributed by atoms with E-state index in [2.05, 4.69) is 16.4 Å². The van der Waals surface area contributed by atoms with Crippen LogP contribution in [0.15, 0.2) is 0 Å². The van der Waals surface area contributed by atoms with Crippen molar-refractivity contribution in [3.63, 3.8) is 0 Å². The number of quaternary nitrogens is 3. The molecule has 0 aliphatic carbocycles. The zero-order valence-corrected chi connectivity index (χ0v) is 9.04. The maximum atomic E-state index is 11.5. The molecule has 1 fully saturated rings. The minimum absolute atomic E-state index is 0.0948. The van der Waals surface area contributed by atoms with Crippen LogP contribution in [0.5, 0.6) is 0 Å². The maximum Gasteiger partial charge on any atom is 0.212 e. The lowest BCUT2D eigenvalue weighted by Crippen LogP contribution is -3.02. The van der Waals surface area contributed by atoms with Gasteiger partial charge in [0.15, 0.2) is 6.04 Å². The van der Waals surface area contributed by atoms with Crippen LogP contribution in [0, 0.1) is 0 Å². The van der Waals surface area contributed by atoms with Crippen LogP contribution >= 0.6 is 7.37 Å². The molecule has 0 aromatic rings. The van der Waals surface area contributed by atoms with E-state index in [1.54, 1.807) is 0 Å². The lowest BCUT2D eigenvalue weighted by Gasteiger charge is -2.23. The van der Waals surface area contributed by atoms with E-state index in [-0.39, 0.29) is 11.7 Å². The summed E-state index contributed by atoms with van der Waals surface area (Å²) in [5.74, 6) is 0. The third kappa shape index (κ3) is 3.37. The molecule has 0 aromatic heterocycles. The molecule has 78 valence electrons. The first-order chi connectivity index (χ1) is 6.02. The van der Waals surface area contributed by atoms with Crippen LogP contribution in [0.2, 0.25) is 0 Å². The minimum Gasteiger partial charge on any atom is -0.350 e. The Morgan fingerprint density at radius 1 is 1.38 bits per heavy atom. The predicted molar refractivity (Wildman–Crippen MR) is 49.5 cm³/mol. The highest BCUT2D eigenvalue weighted by Crippen LogP contribution is 2.41. The van der Waals surface area contributed by atoms with Gasteiger partial charge in [0, 0.05) is 6.66 Å². The molecular weight excluding hydrogens is 189 g/mol. The summed E-state index contributed by atoms with van der Waals surface area (Å²) in [6.07, 6.45) is 0. The van der Waals surface area contributed by atoms with Crippen molar-refractivity contribution in [3.05, 3.63) is 0 Å². The number of hydrogen-bond acceptors (Lipinski definition) is 1. The van der Waals surface area contributed by atoms with Crippen molar-refractivity contribution in [2.45, 2.75) is 11.7 Å². The Bertz CT molecular complexity index is 206. The predicted octanol–water partition coefficient (Wildman–Crippen LogP) is -3.99. The molecule has 5 nitrogen and oxygen atoms in total. The Morgan fingerprint density at radius 2 is 1.92 bits per heavy atom. The van der Waals surface area contributed by atoms with Gasteiger partial charge >= 0.3 is 0 Å². The summed E-state index contributed by atoms with van der Waals surface area (Å²) >= 11 is 0. The zero-order valence-electron chi connectivity index (χ0n) is 8.15. The van der Waals surface area contributed by atoms with Gasteiger partial charge in [-0.15, -0.1) is 0 Å². The molecular formula is C7H21N3O2P+3. The Labute approximate surface area is 78.5 Å². The van der Waals surface area contributed by atoms with Gasteiger partial charge in [-0.25, -0.2) is 0 Å². The Balaban J connectivity index is 2.62. The van der Waals surface area contributed by atoms with Crippen molar-refractivity contribution < 1.29 is 25.8 Å². The van der Waals surface area contributed by atoms with E-state index in [0.717, 1.165) is 26.2 Å². The SMILES string of the molecule is CP(=O)(O)[C@H]1C[NH2+]CC[NH2+]C[C@@H]1[NH3+]. The molecule has 1 aliphatic heterocycles. The Hall–Kier alpha value is 0.0700. The fraction of sp³-hybridized carbons (Fsp3) is 1.00. The van der Waals surface area contributed by atoms with Gasteiger partial charge in [0.1, 0.15) is 25.3 Å². The van der Waals surface area contributed by atoms with Crippen molar-refractivity contribution in [1.29, 1.82) is 0 Å². The summed E-state index contributed by atoms with van der Waals surface area (Å²) in [5, 5.41) is 4.29. The molecule has 1 heterocycles. The molecule has 8 N–H and O–H groups in total. The van der Waals surface area contributed by atoms with Gasteiger partial charge in [0.2, 0.25) is 7.37 Å². The second-order valence-electron chi connectivity index (χ2n) is 3.90.